The number of hydrogen-bond donors (Lipinski definition) is 2. The Labute approximate surface area is 101 Å². The van der Waals surface area contributed by atoms with E-state index in [-0.39, 0.29) is 0 Å². The fraction of sp³-hybridized carbons (Fsp3) is 0. The van der Waals surface area contributed by atoms with Gasteiger partial charge >= 0.3 is 0 Å². The highest BCUT2D eigenvalue weighted by molar-refractivity contribution is 7.99. The van der Waals surface area contributed by atoms with E-state index in [4.69, 9.17) is 23.1 Å². The Morgan fingerprint density at radius 3 is 2.44 bits per heavy atom. The van der Waals surface area contributed by atoms with Gasteiger partial charge in [0, 0.05) is 17.2 Å². The zero-order valence-corrected chi connectivity index (χ0v) is 9.66. The largest absolute Gasteiger partial charge is 0.383 e. The molecule has 0 amide bonds. The van der Waals surface area contributed by atoms with Crippen LogP contribution in [0.5, 0.6) is 0 Å². The van der Waals surface area contributed by atoms with Gasteiger partial charge in [0.1, 0.15) is 16.8 Å². The molecular formula is C9H8ClN5S. The maximum Gasteiger partial charge on any atom is 0.196 e. The van der Waals surface area contributed by atoms with E-state index in [0.29, 0.717) is 21.9 Å². The van der Waals surface area contributed by atoms with E-state index in [9.17, 15) is 0 Å². The van der Waals surface area contributed by atoms with Crippen LogP contribution in [0.15, 0.2) is 34.4 Å². The van der Waals surface area contributed by atoms with Crippen molar-refractivity contribution in [3.63, 3.8) is 0 Å². The van der Waals surface area contributed by atoms with E-state index in [1.165, 1.54) is 17.8 Å². The summed E-state index contributed by atoms with van der Waals surface area (Å²) in [6.07, 6.45) is 1.61. The van der Waals surface area contributed by atoms with Gasteiger partial charge in [-0.05, 0) is 23.9 Å². The molecule has 7 heteroatoms. The standard InChI is InChI=1S/C9H8ClN5S/c10-6-3-5(1-2-13-6)16-9-14-7(11)4-8(12)15-9/h1-4H,(H4,11,12,14,15). The van der Waals surface area contributed by atoms with Gasteiger partial charge < -0.3 is 11.5 Å². The number of nitrogens with zero attached hydrogens (tertiary/aromatic N) is 3. The summed E-state index contributed by atoms with van der Waals surface area (Å²) in [6.45, 7) is 0. The maximum absolute atomic E-state index is 5.76. The molecule has 0 aliphatic heterocycles. The number of rotatable bonds is 2. The highest BCUT2D eigenvalue weighted by Gasteiger charge is 2.03. The van der Waals surface area contributed by atoms with Crippen LogP contribution < -0.4 is 11.5 Å². The van der Waals surface area contributed by atoms with E-state index < -0.39 is 0 Å². The van der Waals surface area contributed by atoms with Gasteiger partial charge in [-0.25, -0.2) is 15.0 Å². The van der Waals surface area contributed by atoms with Crippen LogP contribution in [0.4, 0.5) is 11.6 Å². The smallest absolute Gasteiger partial charge is 0.196 e. The Morgan fingerprint density at radius 1 is 1.12 bits per heavy atom. The van der Waals surface area contributed by atoms with E-state index in [1.807, 2.05) is 0 Å². The van der Waals surface area contributed by atoms with Crippen molar-refractivity contribution in [2.24, 2.45) is 0 Å². The maximum atomic E-state index is 5.76. The Bertz CT molecular complexity index is 499. The summed E-state index contributed by atoms with van der Waals surface area (Å²) in [5.74, 6) is 0.685. The first-order valence-corrected chi connectivity index (χ1v) is 5.52. The van der Waals surface area contributed by atoms with Crippen molar-refractivity contribution in [2.45, 2.75) is 10.1 Å². The van der Waals surface area contributed by atoms with Crippen LogP contribution in [0.1, 0.15) is 0 Å². The van der Waals surface area contributed by atoms with Crippen LogP contribution in [-0.4, -0.2) is 15.0 Å². The summed E-state index contributed by atoms with van der Waals surface area (Å²) in [5.41, 5.74) is 11.1. The van der Waals surface area contributed by atoms with E-state index in [2.05, 4.69) is 15.0 Å². The van der Waals surface area contributed by atoms with Crippen molar-refractivity contribution < 1.29 is 0 Å². The third-order valence-electron chi connectivity index (χ3n) is 1.65. The zero-order chi connectivity index (χ0) is 11.5. The molecule has 2 aromatic heterocycles. The molecule has 16 heavy (non-hydrogen) atoms. The fourth-order valence-electron chi connectivity index (χ4n) is 1.06. The molecule has 0 saturated carbocycles. The van der Waals surface area contributed by atoms with Gasteiger partial charge in [0.15, 0.2) is 5.16 Å². The lowest BCUT2D eigenvalue weighted by atomic mass is 10.5. The second kappa shape index (κ2) is 4.54. The monoisotopic (exact) mass is 253 g/mol. The van der Waals surface area contributed by atoms with Gasteiger partial charge in [-0.2, -0.15) is 0 Å². The van der Waals surface area contributed by atoms with Gasteiger partial charge in [-0.3, -0.25) is 0 Å². The summed E-state index contributed by atoms with van der Waals surface area (Å²) in [7, 11) is 0. The van der Waals surface area contributed by atoms with Gasteiger partial charge in [-0.15, -0.1) is 0 Å². The quantitative estimate of drug-likeness (QED) is 0.627. The van der Waals surface area contributed by atoms with Crippen molar-refractivity contribution >= 4 is 35.0 Å². The molecule has 2 heterocycles. The molecule has 0 radical (unpaired) electrons. The number of aromatic nitrogens is 3. The second-order valence-electron chi connectivity index (χ2n) is 2.92. The van der Waals surface area contributed by atoms with Gasteiger partial charge in [-0.1, -0.05) is 11.6 Å². The van der Waals surface area contributed by atoms with Gasteiger partial charge in [0.05, 0.1) is 0 Å². The van der Waals surface area contributed by atoms with Crippen LogP contribution in [-0.2, 0) is 0 Å². The molecule has 0 fully saturated rings. The Hall–Kier alpha value is -1.53. The third kappa shape index (κ3) is 2.74. The topological polar surface area (TPSA) is 90.7 Å². The normalized spacial score (nSPS) is 10.3. The fourth-order valence-corrected chi connectivity index (χ4v) is 2.11. The lowest BCUT2D eigenvalue weighted by Gasteiger charge is -2.02. The molecule has 82 valence electrons. The molecular weight excluding hydrogens is 246 g/mol. The van der Waals surface area contributed by atoms with Crippen LogP contribution in [0.2, 0.25) is 5.15 Å². The van der Waals surface area contributed by atoms with Crippen LogP contribution >= 0.6 is 23.4 Å². The highest BCUT2D eigenvalue weighted by atomic mass is 35.5. The number of nitrogens with two attached hydrogens (primary N) is 2. The molecule has 0 spiro atoms. The predicted molar refractivity (Wildman–Crippen MR) is 64.2 cm³/mol. The van der Waals surface area contributed by atoms with Crippen molar-refractivity contribution in [1.29, 1.82) is 0 Å². The molecule has 0 atom stereocenters. The average Bonchev–Trinajstić information content (AvgIpc) is 2.15. The Kier molecular flexibility index (Phi) is 3.12. The third-order valence-corrected chi connectivity index (χ3v) is 2.71. The minimum atomic E-state index is 0.343. The van der Waals surface area contributed by atoms with Crippen molar-refractivity contribution in [1.82, 2.24) is 15.0 Å². The summed E-state index contributed by atoms with van der Waals surface area (Å²) in [4.78, 5) is 12.8. The molecule has 0 saturated heterocycles. The van der Waals surface area contributed by atoms with Crippen molar-refractivity contribution in [3.05, 3.63) is 29.5 Å². The minimum absolute atomic E-state index is 0.343. The SMILES string of the molecule is Nc1cc(N)nc(Sc2ccnc(Cl)c2)n1. The van der Waals surface area contributed by atoms with Crippen LogP contribution in [0.3, 0.4) is 0 Å². The minimum Gasteiger partial charge on any atom is -0.383 e. The molecule has 0 unspecified atom stereocenters. The molecule has 0 bridgehead atoms. The lowest BCUT2D eigenvalue weighted by Crippen LogP contribution is -1.98. The first-order valence-electron chi connectivity index (χ1n) is 4.33. The highest BCUT2D eigenvalue weighted by Crippen LogP contribution is 2.26. The zero-order valence-electron chi connectivity index (χ0n) is 8.09. The average molecular weight is 254 g/mol. The number of anilines is 2. The second-order valence-corrected chi connectivity index (χ2v) is 4.34. The molecule has 0 aromatic carbocycles. The summed E-state index contributed by atoms with van der Waals surface area (Å²) in [6, 6.07) is 5.03. The molecule has 4 N–H and O–H groups in total. The van der Waals surface area contributed by atoms with Crippen LogP contribution in [0, 0.1) is 0 Å². The summed E-state index contributed by atoms with van der Waals surface area (Å²) in [5, 5.41) is 0.904. The van der Waals surface area contributed by atoms with Crippen molar-refractivity contribution in [3.8, 4) is 0 Å². The van der Waals surface area contributed by atoms with Crippen molar-refractivity contribution in [2.75, 3.05) is 11.5 Å². The Morgan fingerprint density at radius 2 is 1.81 bits per heavy atom. The Balaban J connectivity index is 2.27. The first kappa shape index (κ1) is 11.0. The van der Waals surface area contributed by atoms with E-state index in [1.54, 1.807) is 18.3 Å². The van der Waals surface area contributed by atoms with E-state index in [0.717, 1.165) is 4.90 Å². The molecule has 0 aliphatic rings. The van der Waals surface area contributed by atoms with Gasteiger partial charge in [0.2, 0.25) is 0 Å². The summed E-state index contributed by atoms with van der Waals surface area (Å²) < 4.78 is 0. The molecule has 2 rings (SSSR count). The molecule has 0 aliphatic carbocycles. The number of hydrogen-bond acceptors (Lipinski definition) is 6. The number of nitrogen functional groups attached to an aromatic ring is 2. The van der Waals surface area contributed by atoms with E-state index >= 15 is 0 Å². The first-order chi connectivity index (χ1) is 7.63. The number of halogens is 1. The van der Waals surface area contributed by atoms with Crippen LogP contribution in [0.25, 0.3) is 0 Å². The molecule has 5 nitrogen and oxygen atoms in total. The van der Waals surface area contributed by atoms with Gasteiger partial charge in [0.25, 0.3) is 0 Å². The predicted octanol–water partition coefficient (Wildman–Crippen LogP) is 1.84. The number of pyridine rings is 1. The molecule has 2 aromatic rings. The lowest BCUT2D eigenvalue weighted by molar-refractivity contribution is 0.984. The summed E-state index contributed by atoms with van der Waals surface area (Å²) >= 11 is 7.08.